The zero-order valence-corrected chi connectivity index (χ0v) is 15.7. The van der Waals surface area contributed by atoms with E-state index in [1.807, 2.05) is 0 Å². The Hall–Kier alpha value is -2.33. The van der Waals surface area contributed by atoms with Gasteiger partial charge in [0.2, 0.25) is 5.91 Å². The largest absolute Gasteiger partial charge is 0.325 e. The van der Waals surface area contributed by atoms with Gasteiger partial charge in [0, 0.05) is 16.6 Å². The Bertz CT molecular complexity index is 920. The van der Waals surface area contributed by atoms with E-state index >= 15 is 0 Å². The molecular weight excluding hydrogens is 432 g/mol. The number of thiophene rings is 1. The molecule has 1 aliphatic rings. The van der Waals surface area contributed by atoms with Crippen LogP contribution in [0.5, 0.6) is 0 Å². The van der Waals surface area contributed by atoms with Gasteiger partial charge in [-0.15, -0.1) is 11.3 Å². The van der Waals surface area contributed by atoms with Gasteiger partial charge in [0.1, 0.15) is 6.54 Å². The van der Waals surface area contributed by atoms with Crippen LogP contribution in [0, 0.1) is 11.6 Å². The lowest BCUT2D eigenvalue weighted by molar-refractivity contribution is -0.133. The van der Waals surface area contributed by atoms with Crippen LogP contribution in [-0.2, 0) is 15.1 Å². The Balaban J connectivity index is 1.73. The number of nitrogens with one attached hydrogen (secondary N) is 2. The van der Waals surface area contributed by atoms with Gasteiger partial charge in [0.15, 0.2) is 17.2 Å². The summed E-state index contributed by atoms with van der Waals surface area (Å²) in [7, 11) is 0. The maximum Gasteiger partial charge on any atom is 0.325 e. The minimum absolute atomic E-state index is 0.0194. The van der Waals surface area contributed by atoms with E-state index in [2.05, 4.69) is 26.6 Å². The molecule has 3 rings (SSSR count). The highest BCUT2D eigenvalue weighted by atomic mass is 79.9. The molecule has 0 aliphatic carbocycles. The first-order valence-electron chi connectivity index (χ1n) is 7.35. The molecule has 1 saturated heterocycles. The van der Waals surface area contributed by atoms with Crippen molar-refractivity contribution in [1.29, 1.82) is 0 Å². The third kappa shape index (κ3) is 3.34. The molecule has 0 saturated carbocycles. The number of urea groups is 1. The highest BCUT2D eigenvalue weighted by Crippen LogP contribution is 2.35. The number of nitrogens with zero attached hydrogens (tertiary/aromatic N) is 1. The zero-order valence-electron chi connectivity index (χ0n) is 13.3. The van der Waals surface area contributed by atoms with Crippen molar-refractivity contribution in [1.82, 2.24) is 10.2 Å². The standard InChI is InChI=1S/C16H12BrF2N3O3S/c1-16(11-4-5-12(17)26-11)14(24)22(15(25)21-16)7-13(23)20-8-2-3-9(18)10(19)6-8/h2-6H,7H2,1H3,(H,20,23)(H,21,25). The maximum absolute atomic E-state index is 13.2. The highest BCUT2D eigenvalue weighted by Gasteiger charge is 2.50. The van der Waals surface area contributed by atoms with Crippen LogP contribution >= 0.6 is 27.3 Å². The lowest BCUT2D eigenvalue weighted by Gasteiger charge is -2.20. The lowest BCUT2D eigenvalue weighted by atomic mass is 10.0. The van der Waals surface area contributed by atoms with Crippen molar-refractivity contribution in [3.05, 3.63) is 50.6 Å². The number of anilines is 1. The highest BCUT2D eigenvalue weighted by molar-refractivity contribution is 9.11. The summed E-state index contributed by atoms with van der Waals surface area (Å²) < 4.78 is 26.9. The van der Waals surface area contributed by atoms with Crippen LogP contribution in [0.3, 0.4) is 0 Å². The second kappa shape index (κ2) is 6.76. The Morgan fingerprint density at radius 1 is 1.27 bits per heavy atom. The smallest absolute Gasteiger partial charge is 0.324 e. The predicted molar refractivity (Wildman–Crippen MR) is 94.6 cm³/mol. The van der Waals surface area contributed by atoms with Gasteiger partial charge in [-0.25, -0.2) is 13.6 Å². The number of amides is 4. The summed E-state index contributed by atoms with van der Waals surface area (Å²) in [6.45, 7) is 1.00. The molecule has 2 aromatic rings. The molecule has 1 atom stereocenters. The van der Waals surface area contributed by atoms with Crippen molar-refractivity contribution in [2.45, 2.75) is 12.5 Å². The molecular formula is C16H12BrF2N3O3S. The molecule has 1 aromatic heterocycles. The summed E-state index contributed by atoms with van der Waals surface area (Å²) in [5, 5.41) is 4.91. The molecule has 1 aromatic carbocycles. The molecule has 4 amide bonds. The van der Waals surface area contributed by atoms with Crippen molar-refractivity contribution in [2.75, 3.05) is 11.9 Å². The molecule has 1 unspecified atom stereocenters. The van der Waals surface area contributed by atoms with Crippen LogP contribution in [0.1, 0.15) is 11.8 Å². The van der Waals surface area contributed by atoms with Crippen LogP contribution in [0.15, 0.2) is 34.1 Å². The normalized spacial score (nSPS) is 19.6. The summed E-state index contributed by atoms with van der Waals surface area (Å²) in [5.74, 6) is -3.45. The fourth-order valence-electron chi connectivity index (χ4n) is 2.51. The quantitative estimate of drug-likeness (QED) is 0.712. The van der Waals surface area contributed by atoms with E-state index < -0.39 is 41.6 Å². The van der Waals surface area contributed by atoms with Gasteiger partial charge in [-0.3, -0.25) is 14.5 Å². The first-order chi connectivity index (χ1) is 12.2. The molecule has 1 fully saturated rings. The van der Waals surface area contributed by atoms with Gasteiger partial charge in [-0.1, -0.05) is 0 Å². The van der Waals surface area contributed by atoms with E-state index in [0.29, 0.717) is 4.88 Å². The third-order valence-corrected chi connectivity index (χ3v) is 5.69. The van der Waals surface area contributed by atoms with Crippen LogP contribution in [0.2, 0.25) is 0 Å². The number of imide groups is 1. The number of hydrogen-bond acceptors (Lipinski definition) is 4. The predicted octanol–water partition coefficient (Wildman–Crippen LogP) is 3.19. The van der Waals surface area contributed by atoms with Gasteiger partial charge in [-0.2, -0.15) is 0 Å². The van der Waals surface area contributed by atoms with Crippen molar-refractivity contribution >= 4 is 50.8 Å². The summed E-state index contributed by atoms with van der Waals surface area (Å²) in [6, 6.07) is 5.61. The third-order valence-electron chi connectivity index (χ3n) is 3.85. The number of rotatable bonds is 4. The first-order valence-corrected chi connectivity index (χ1v) is 8.96. The SMILES string of the molecule is CC1(c2ccc(Br)s2)NC(=O)N(CC(=O)Nc2ccc(F)c(F)c2)C1=O. The summed E-state index contributed by atoms with van der Waals surface area (Å²) in [6.07, 6.45) is 0. The molecule has 0 bridgehead atoms. The number of benzene rings is 1. The van der Waals surface area contributed by atoms with Gasteiger partial charge >= 0.3 is 6.03 Å². The number of hydrogen-bond donors (Lipinski definition) is 2. The Morgan fingerprint density at radius 3 is 2.62 bits per heavy atom. The number of halogens is 3. The average Bonchev–Trinajstić information content (AvgIpc) is 3.09. The van der Waals surface area contributed by atoms with E-state index in [0.717, 1.165) is 20.8 Å². The van der Waals surface area contributed by atoms with E-state index in [9.17, 15) is 23.2 Å². The fraction of sp³-hybridized carbons (Fsp3) is 0.188. The van der Waals surface area contributed by atoms with E-state index in [-0.39, 0.29) is 5.69 Å². The van der Waals surface area contributed by atoms with E-state index in [4.69, 9.17) is 0 Å². The van der Waals surface area contributed by atoms with Gasteiger partial charge in [-0.05, 0) is 47.1 Å². The van der Waals surface area contributed by atoms with Gasteiger partial charge in [0.05, 0.1) is 3.79 Å². The monoisotopic (exact) mass is 443 g/mol. The number of carbonyl (C=O) groups is 3. The van der Waals surface area contributed by atoms with Crippen LogP contribution in [0.4, 0.5) is 19.3 Å². The molecule has 0 spiro atoms. The van der Waals surface area contributed by atoms with Gasteiger partial charge < -0.3 is 10.6 Å². The maximum atomic E-state index is 13.2. The zero-order chi connectivity index (χ0) is 19.1. The van der Waals surface area contributed by atoms with Crippen molar-refractivity contribution < 1.29 is 23.2 Å². The second-order valence-corrected chi connectivity index (χ2v) is 8.19. The number of carbonyl (C=O) groups excluding carboxylic acids is 3. The molecule has 136 valence electrons. The lowest BCUT2D eigenvalue weighted by Crippen LogP contribution is -2.41. The topological polar surface area (TPSA) is 78.5 Å². The summed E-state index contributed by atoms with van der Waals surface area (Å²) in [5.41, 5.74) is -1.25. The van der Waals surface area contributed by atoms with Crippen molar-refractivity contribution in [2.24, 2.45) is 0 Å². The Kier molecular flexibility index (Phi) is 4.80. The minimum Gasteiger partial charge on any atom is -0.324 e. The molecule has 0 radical (unpaired) electrons. The average molecular weight is 444 g/mol. The molecule has 10 heteroatoms. The van der Waals surface area contributed by atoms with Crippen molar-refractivity contribution in [3.8, 4) is 0 Å². The van der Waals surface area contributed by atoms with E-state index in [1.165, 1.54) is 17.4 Å². The minimum atomic E-state index is -1.27. The van der Waals surface area contributed by atoms with Crippen LogP contribution in [0.25, 0.3) is 0 Å². The molecule has 26 heavy (non-hydrogen) atoms. The van der Waals surface area contributed by atoms with Crippen LogP contribution < -0.4 is 10.6 Å². The molecule has 2 heterocycles. The molecule has 6 nitrogen and oxygen atoms in total. The first kappa shape index (κ1) is 18.5. The fourth-order valence-corrected chi connectivity index (χ4v) is 3.99. The van der Waals surface area contributed by atoms with Crippen molar-refractivity contribution in [3.63, 3.8) is 0 Å². The Morgan fingerprint density at radius 2 is 2.00 bits per heavy atom. The molecule has 1 aliphatic heterocycles. The Labute approximate surface area is 159 Å². The van der Waals surface area contributed by atoms with E-state index in [1.54, 1.807) is 19.1 Å². The summed E-state index contributed by atoms with van der Waals surface area (Å²) >= 11 is 4.59. The molecule has 2 N–H and O–H groups in total. The van der Waals surface area contributed by atoms with Crippen LogP contribution in [-0.4, -0.2) is 29.3 Å². The summed E-state index contributed by atoms with van der Waals surface area (Å²) in [4.78, 5) is 38.3. The second-order valence-electron chi connectivity index (χ2n) is 5.73. The van der Waals surface area contributed by atoms with Gasteiger partial charge in [0.25, 0.3) is 5.91 Å².